The number of hydrogen-bond donors (Lipinski definition) is 2. The molecule has 0 atom stereocenters. The Kier molecular flexibility index (Phi) is 6.74. The molecule has 0 radical (unpaired) electrons. The smallest absolute Gasteiger partial charge is 0.251 e. The van der Waals surface area contributed by atoms with E-state index < -0.39 is 5.91 Å². The number of primary amides is 1. The minimum Gasteiger partial charge on any atom is -0.365 e. The second kappa shape index (κ2) is 9.07. The summed E-state index contributed by atoms with van der Waals surface area (Å²) in [6.45, 7) is 5.95. The minimum atomic E-state index is -0.494. The zero-order valence-corrected chi connectivity index (χ0v) is 17.6. The van der Waals surface area contributed by atoms with E-state index in [1.54, 1.807) is 12.1 Å². The first kappa shape index (κ1) is 20.8. The fourth-order valence-corrected chi connectivity index (χ4v) is 5.34. The van der Waals surface area contributed by atoms with Crippen molar-refractivity contribution in [3.63, 3.8) is 0 Å². The van der Waals surface area contributed by atoms with Gasteiger partial charge in [0.2, 0.25) is 5.91 Å². The number of fused-ring (bicyclic) bond motifs is 1. The molecule has 0 saturated carbocycles. The molecule has 1 aromatic carbocycles. The van der Waals surface area contributed by atoms with E-state index >= 15 is 0 Å². The molecule has 3 N–H and O–H groups in total. The maximum Gasteiger partial charge on any atom is 0.251 e. The lowest BCUT2D eigenvalue weighted by Gasteiger charge is -2.30. The lowest BCUT2D eigenvalue weighted by molar-refractivity contribution is -0.115. The van der Waals surface area contributed by atoms with Crippen molar-refractivity contribution in [2.45, 2.75) is 44.2 Å². The minimum absolute atomic E-state index is 0.156. The lowest BCUT2D eigenvalue weighted by atomic mass is 10.0. The molecule has 3 rings (SSSR count). The summed E-state index contributed by atoms with van der Waals surface area (Å²) in [6, 6.07) is 6.61. The molecule has 1 aliphatic rings. The topological polar surface area (TPSA) is 75.4 Å². The van der Waals surface area contributed by atoms with E-state index in [1.165, 1.54) is 35.2 Å². The van der Waals surface area contributed by atoms with Gasteiger partial charge in [-0.15, -0.1) is 23.1 Å². The second-order valence-electron chi connectivity index (χ2n) is 6.99. The number of benzene rings is 1. The standard InChI is InChI=1S/C20H24FN3O2S2/c1-12(2)24-9-7-15-16(11-24)28-20(18(15)19(22)26)23-17(25)8-10-27-14-5-3-13(21)4-6-14/h3-6,12H,7-11H2,1-2H3,(H2,22,26)(H,23,25). The molecule has 150 valence electrons. The third-order valence-electron chi connectivity index (χ3n) is 4.73. The Morgan fingerprint density at radius 3 is 2.68 bits per heavy atom. The third-order valence-corrected chi connectivity index (χ3v) is 6.87. The van der Waals surface area contributed by atoms with Crippen molar-refractivity contribution in [1.82, 2.24) is 4.90 Å². The lowest BCUT2D eigenvalue weighted by Crippen LogP contribution is -2.35. The molecule has 0 spiro atoms. The van der Waals surface area contributed by atoms with E-state index in [1.807, 2.05) is 0 Å². The SMILES string of the molecule is CC(C)N1CCc2c(sc(NC(=O)CCSc3ccc(F)cc3)c2C(N)=O)C1. The first-order valence-corrected chi connectivity index (χ1v) is 11.0. The van der Waals surface area contributed by atoms with Gasteiger partial charge in [-0.1, -0.05) is 0 Å². The van der Waals surface area contributed by atoms with Crippen molar-refractivity contribution >= 4 is 39.9 Å². The second-order valence-corrected chi connectivity index (χ2v) is 9.26. The number of nitrogens with zero attached hydrogens (tertiary/aromatic N) is 1. The molecule has 5 nitrogen and oxygen atoms in total. The zero-order valence-electron chi connectivity index (χ0n) is 16.0. The maximum atomic E-state index is 12.9. The van der Waals surface area contributed by atoms with Gasteiger partial charge in [-0.2, -0.15) is 0 Å². The maximum absolute atomic E-state index is 12.9. The van der Waals surface area contributed by atoms with E-state index in [0.29, 0.717) is 28.8 Å². The van der Waals surface area contributed by atoms with Gasteiger partial charge >= 0.3 is 0 Å². The van der Waals surface area contributed by atoms with Crippen molar-refractivity contribution in [2.75, 3.05) is 17.6 Å². The van der Waals surface area contributed by atoms with Crippen molar-refractivity contribution in [1.29, 1.82) is 0 Å². The summed E-state index contributed by atoms with van der Waals surface area (Å²) in [6.07, 6.45) is 1.06. The molecule has 0 aliphatic carbocycles. The highest BCUT2D eigenvalue weighted by Gasteiger charge is 2.28. The first-order valence-electron chi connectivity index (χ1n) is 9.21. The number of thiophene rings is 1. The molecule has 0 saturated heterocycles. The molecule has 1 aliphatic heterocycles. The summed E-state index contributed by atoms with van der Waals surface area (Å²) >= 11 is 2.94. The first-order chi connectivity index (χ1) is 13.3. The zero-order chi connectivity index (χ0) is 20.3. The van der Waals surface area contributed by atoms with Gasteiger partial charge in [0.15, 0.2) is 0 Å². The average Bonchev–Trinajstić information content (AvgIpc) is 3.00. The summed E-state index contributed by atoms with van der Waals surface area (Å²) in [5.74, 6) is -0.364. The number of hydrogen-bond acceptors (Lipinski definition) is 5. The molecule has 0 fully saturated rings. The van der Waals surface area contributed by atoms with E-state index in [4.69, 9.17) is 5.73 Å². The number of nitrogens with one attached hydrogen (secondary N) is 1. The van der Waals surface area contributed by atoms with Crippen LogP contribution < -0.4 is 11.1 Å². The predicted octanol–water partition coefficient (Wildman–Crippen LogP) is 3.87. The third kappa shape index (κ3) is 4.92. The number of amides is 2. The number of carbonyl (C=O) groups is 2. The molecule has 0 unspecified atom stereocenters. The van der Waals surface area contributed by atoms with Crippen LogP contribution in [0.3, 0.4) is 0 Å². The van der Waals surface area contributed by atoms with Gasteiger partial charge in [0.25, 0.3) is 5.91 Å². The predicted molar refractivity (Wildman–Crippen MR) is 112 cm³/mol. The van der Waals surface area contributed by atoms with Gasteiger partial charge in [-0.3, -0.25) is 14.5 Å². The van der Waals surface area contributed by atoms with Crippen LogP contribution in [0.25, 0.3) is 0 Å². The number of rotatable bonds is 7. The molecule has 0 bridgehead atoms. The van der Waals surface area contributed by atoms with Gasteiger partial charge in [0, 0.05) is 41.1 Å². The van der Waals surface area contributed by atoms with Crippen LogP contribution in [-0.2, 0) is 17.8 Å². The monoisotopic (exact) mass is 421 g/mol. The van der Waals surface area contributed by atoms with E-state index in [9.17, 15) is 14.0 Å². The van der Waals surface area contributed by atoms with Gasteiger partial charge in [-0.05, 0) is 50.1 Å². The van der Waals surface area contributed by atoms with Gasteiger partial charge in [0.05, 0.1) is 5.56 Å². The average molecular weight is 422 g/mol. The molecular weight excluding hydrogens is 397 g/mol. The van der Waals surface area contributed by atoms with Gasteiger partial charge in [0.1, 0.15) is 10.8 Å². The van der Waals surface area contributed by atoms with Crippen LogP contribution in [0.5, 0.6) is 0 Å². The quantitative estimate of drug-likeness (QED) is 0.666. The fraction of sp³-hybridized carbons (Fsp3) is 0.400. The normalized spacial score (nSPS) is 14.1. The summed E-state index contributed by atoms with van der Waals surface area (Å²) in [5, 5.41) is 3.43. The Bertz CT molecular complexity index is 865. The van der Waals surface area contributed by atoms with Crippen LogP contribution in [-0.4, -0.2) is 35.1 Å². The van der Waals surface area contributed by atoms with Crippen molar-refractivity contribution in [2.24, 2.45) is 5.73 Å². The van der Waals surface area contributed by atoms with Crippen LogP contribution in [0.15, 0.2) is 29.2 Å². The summed E-state index contributed by atoms with van der Waals surface area (Å²) in [4.78, 5) is 28.7. The summed E-state index contributed by atoms with van der Waals surface area (Å²) < 4.78 is 12.9. The van der Waals surface area contributed by atoms with Crippen LogP contribution in [0.1, 0.15) is 41.1 Å². The Labute approximate surface area is 172 Å². The Balaban J connectivity index is 1.63. The molecule has 1 aromatic heterocycles. The largest absolute Gasteiger partial charge is 0.365 e. The van der Waals surface area contributed by atoms with Gasteiger partial charge in [-0.25, -0.2) is 4.39 Å². The van der Waals surface area contributed by atoms with Crippen molar-refractivity contribution < 1.29 is 14.0 Å². The van der Waals surface area contributed by atoms with Gasteiger partial charge < -0.3 is 11.1 Å². The summed E-state index contributed by atoms with van der Waals surface area (Å²) in [5.41, 5.74) is 7.05. The number of halogens is 1. The molecule has 2 amide bonds. The van der Waals surface area contributed by atoms with E-state index in [0.717, 1.165) is 34.8 Å². The van der Waals surface area contributed by atoms with Crippen molar-refractivity contribution in [3.05, 3.63) is 46.1 Å². The Morgan fingerprint density at radius 2 is 2.04 bits per heavy atom. The fourth-order valence-electron chi connectivity index (χ4n) is 3.19. The van der Waals surface area contributed by atoms with Crippen LogP contribution in [0.4, 0.5) is 9.39 Å². The Hall–Kier alpha value is -1.90. The highest BCUT2D eigenvalue weighted by Crippen LogP contribution is 2.37. The number of anilines is 1. The van der Waals surface area contributed by atoms with E-state index in [-0.39, 0.29) is 11.7 Å². The van der Waals surface area contributed by atoms with Crippen LogP contribution in [0.2, 0.25) is 0 Å². The highest BCUT2D eigenvalue weighted by molar-refractivity contribution is 7.99. The molecular formula is C20H24FN3O2S2. The molecule has 28 heavy (non-hydrogen) atoms. The number of carbonyl (C=O) groups excluding carboxylic acids is 2. The highest BCUT2D eigenvalue weighted by atomic mass is 32.2. The number of nitrogens with two attached hydrogens (primary N) is 1. The number of thioether (sulfide) groups is 1. The van der Waals surface area contributed by atoms with E-state index in [2.05, 4.69) is 24.1 Å². The van der Waals surface area contributed by atoms with Crippen LogP contribution >= 0.6 is 23.1 Å². The van der Waals surface area contributed by atoms with Crippen LogP contribution in [0, 0.1) is 5.82 Å². The molecule has 2 aromatic rings. The van der Waals surface area contributed by atoms with Crippen molar-refractivity contribution in [3.8, 4) is 0 Å². The summed E-state index contributed by atoms with van der Waals surface area (Å²) in [7, 11) is 0. The molecule has 8 heteroatoms. The Morgan fingerprint density at radius 1 is 1.32 bits per heavy atom. The molecule has 2 heterocycles.